The van der Waals surface area contributed by atoms with E-state index in [0.717, 1.165) is 24.1 Å². The lowest BCUT2D eigenvalue weighted by Crippen LogP contribution is -2.29. The highest BCUT2D eigenvalue weighted by molar-refractivity contribution is 5.52. The topological polar surface area (TPSA) is 27.8 Å². The van der Waals surface area contributed by atoms with Crippen LogP contribution in [0.4, 0.5) is 10.1 Å². The van der Waals surface area contributed by atoms with E-state index in [9.17, 15) is 9.50 Å². The van der Waals surface area contributed by atoms with E-state index in [1.165, 1.54) is 12.1 Å². The quantitative estimate of drug-likeness (QED) is 0.803. The molecule has 2 rings (SSSR count). The summed E-state index contributed by atoms with van der Waals surface area (Å²) in [5.74, 6) is -0.325. The van der Waals surface area contributed by atoms with Crippen LogP contribution in [0.1, 0.15) is 29.5 Å². The summed E-state index contributed by atoms with van der Waals surface area (Å²) in [5.41, 5.74) is 1.64. The van der Waals surface area contributed by atoms with Crippen LogP contribution in [0.15, 0.2) is 42.5 Å². The SMILES string of the molecule is [C-]#[N+]c1ccc(C(O)(CCCN(C)C)c2ccc(F)cc2)c(C)c1. The minimum atomic E-state index is -1.20. The third-order valence-electron chi connectivity index (χ3n) is 4.25. The molecule has 4 heteroatoms. The fraction of sp³-hybridized carbons (Fsp3) is 0.350. The van der Waals surface area contributed by atoms with E-state index in [1.54, 1.807) is 24.3 Å². The Morgan fingerprint density at radius 3 is 2.38 bits per heavy atom. The maximum absolute atomic E-state index is 13.3. The summed E-state index contributed by atoms with van der Waals surface area (Å²) < 4.78 is 13.3. The molecule has 1 N–H and O–H groups in total. The predicted octanol–water partition coefficient (Wildman–Crippen LogP) is 4.26. The molecule has 0 radical (unpaired) electrons. The van der Waals surface area contributed by atoms with Crippen molar-refractivity contribution in [2.45, 2.75) is 25.4 Å². The van der Waals surface area contributed by atoms with Crippen LogP contribution in [0.5, 0.6) is 0 Å². The zero-order valence-corrected chi connectivity index (χ0v) is 14.4. The van der Waals surface area contributed by atoms with Crippen molar-refractivity contribution >= 4 is 5.69 Å². The second-order valence-electron chi connectivity index (χ2n) is 6.39. The van der Waals surface area contributed by atoms with Crippen molar-refractivity contribution in [3.8, 4) is 0 Å². The van der Waals surface area contributed by atoms with Gasteiger partial charge < -0.3 is 10.0 Å². The molecule has 0 aromatic heterocycles. The number of hydrogen-bond donors (Lipinski definition) is 1. The van der Waals surface area contributed by atoms with E-state index in [2.05, 4.69) is 9.74 Å². The molecule has 126 valence electrons. The van der Waals surface area contributed by atoms with Gasteiger partial charge in [0.1, 0.15) is 11.4 Å². The first-order valence-corrected chi connectivity index (χ1v) is 7.98. The Balaban J connectivity index is 2.46. The van der Waals surface area contributed by atoms with Crippen LogP contribution < -0.4 is 0 Å². The van der Waals surface area contributed by atoms with Crippen LogP contribution in [0.25, 0.3) is 4.85 Å². The minimum absolute atomic E-state index is 0.325. The first kappa shape index (κ1) is 18.1. The zero-order chi connectivity index (χ0) is 17.7. The number of hydrogen-bond acceptors (Lipinski definition) is 2. The molecule has 3 nitrogen and oxygen atoms in total. The van der Waals surface area contributed by atoms with Gasteiger partial charge in [0.15, 0.2) is 5.69 Å². The Morgan fingerprint density at radius 2 is 1.83 bits per heavy atom. The van der Waals surface area contributed by atoms with E-state index in [0.29, 0.717) is 17.7 Å². The predicted molar refractivity (Wildman–Crippen MR) is 94.6 cm³/mol. The molecule has 0 bridgehead atoms. The van der Waals surface area contributed by atoms with E-state index in [-0.39, 0.29) is 5.82 Å². The van der Waals surface area contributed by atoms with E-state index in [1.807, 2.05) is 27.1 Å². The molecule has 2 aromatic rings. The van der Waals surface area contributed by atoms with Crippen LogP contribution in [0.3, 0.4) is 0 Å². The average molecular weight is 326 g/mol. The molecule has 0 fully saturated rings. The number of rotatable bonds is 6. The fourth-order valence-electron chi connectivity index (χ4n) is 2.99. The molecule has 1 atom stereocenters. The first-order chi connectivity index (χ1) is 11.4. The molecule has 0 aliphatic carbocycles. The van der Waals surface area contributed by atoms with Crippen molar-refractivity contribution in [2.75, 3.05) is 20.6 Å². The molecule has 2 aromatic carbocycles. The minimum Gasteiger partial charge on any atom is -0.380 e. The van der Waals surface area contributed by atoms with Gasteiger partial charge in [0.2, 0.25) is 0 Å². The maximum Gasteiger partial charge on any atom is 0.187 e. The molecule has 0 spiro atoms. The third kappa shape index (κ3) is 4.00. The van der Waals surface area contributed by atoms with Gasteiger partial charge in [0.05, 0.1) is 6.57 Å². The summed E-state index contributed by atoms with van der Waals surface area (Å²) >= 11 is 0. The second-order valence-corrected chi connectivity index (χ2v) is 6.39. The van der Waals surface area contributed by atoms with Gasteiger partial charge in [-0.2, -0.15) is 0 Å². The van der Waals surface area contributed by atoms with Crippen molar-refractivity contribution < 1.29 is 9.50 Å². The van der Waals surface area contributed by atoms with Gasteiger partial charge in [-0.3, -0.25) is 0 Å². The molecule has 0 saturated heterocycles. The number of nitrogens with zero attached hydrogens (tertiary/aromatic N) is 2. The van der Waals surface area contributed by atoms with Crippen molar-refractivity contribution in [1.82, 2.24) is 4.90 Å². The highest BCUT2D eigenvalue weighted by Gasteiger charge is 2.32. The van der Waals surface area contributed by atoms with Crippen LogP contribution in [0, 0.1) is 19.3 Å². The van der Waals surface area contributed by atoms with Gasteiger partial charge in [-0.15, -0.1) is 0 Å². The summed E-state index contributed by atoms with van der Waals surface area (Å²) in [6.45, 7) is 9.87. The first-order valence-electron chi connectivity index (χ1n) is 7.98. The van der Waals surface area contributed by atoms with E-state index in [4.69, 9.17) is 6.57 Å². The Kier molecular flexibility index (Phi) is 5.71. The molecule has 0 saturated carbocycles. The van der Waals surface area contributed by atoms with E-state index < -0.39 is 5.60 Å². The Bertz CT molecular complexity index is 734. The molecule has 0 aliphatic rings. The van der Waals surface area contributed by atoms with Crippen molar-refractivity contribution in [1.29, 1.82) is 0 Å². The average Bonchev–Trinajstić information content (AvgIpc) is 2.54. The highest BCUT2D eigenvalue weighted by Crippen LogP contribution is 2.37. The smallest absolute Gasteiger partial charge is 0.187 e. The van der Waals surface area contributed by atoms with Crippen LogP contribution in [0.2, 0.25) is 0 Å². The number of aryl methyl sites for hydroxylation is 1. The molecule has 1 unspecified atom stereocenters. The summed E-state index contributed by atoms with van der Waals surface area (Å²) in [6.07, 6.45) is 1.32. The fourth-order valence-corrected chi connectivity index (χ4v) is 2.99. The van der Waals surface area contributed by atoms with Gasteiger partial charge in [0.25, 0.3) is 0 Å². The normalized spacial score (nSPS) is 13.5. The van der Waals surface area contributed by atoms with Crippen molar-refractivity contribution in [2.24, 2.45) is 0 Å². The molecular formula is C20H23FN2O. The van der Waals surface area contributed by atoms with Gasteiger partial charge in [-0.1, -0.05) is 35.9 Å². The van der Waals surface area contributed by atoms with Crippen molar-refractivity contribution in [3.63, 3.8) is 0 Å². The summed E-state index contributed by atoms with van der Waals surface area (Å²) in [5, 5.41) is 11.5. The maximum atomic E-state index is 13.3. The lowest BCUT2D eigenvalue weighted by molar-refractivity contribution is 0.0658. The van der Waals surface area contributed by atoms with E-state index >= 15 is 0 Å². The van der Waals surface area contributed by atoms with Gasteiger partial charge in [-0.25, -0.2) is 9.24 Å². The largest absolute Gasteiger partial charge is 0.380 e. The van der Waals surface area contributed by atoms with Crippen molar-refractivity contribution in [3.05, 3.63) is 76.4 Å². The zero-order valence-electron chi connectivity index (χ0n) is 14.4. The van der Waals surface area contributed by atoms with Crippen LogP contribution >= 0.6 is 0 Å². The molecule has 24 heavy (non-hydrogen) atoms. The number of benzene rings is 2. The summed E-state index contributed by atoms with van der Waals surface area (Å²) in [6, 6.07) is 11.3. The summed E-state index contributed by atoms with van der Waals surface area (Å²) in [7, 11) is 3.99. The third-order valence-corrected chi connectivity index (χ3v) is 4.25. The number of aliphatic hydroxyl groups is 1. The van der Waals surface area contributed by atoms with Crippen LogP contribution in [-0.4, -0.2) is 30.6 Å². The lowest BCUT2D eigenvalue weighted by Gasteiger charge is -2.31. The molecule has 0 amide bonds. The Labute approximate surface area is 143 Å². The second kappa shape index (κ2) is 7.57. The van der Waals surface area contributed by atoms with Crippen LogP contribution in [-0.2, 0) is 5.60 Å². The monoisotopic (exact) mass is 326 g/mol. The summed E-state index contributed by atoms with van der Waals surface area (Å²) in [4.78, 5) is 5.51. The standard InChI is InChI=1S/C20H23FN2O/c1-15-14-18(22-2)10-11-19(15)20(24,12-5-13-23(3)4)16-6-8-17(21)9-7-16/h6-11,14,24H,5,12-13H2,1,3-4H3. The molecule has 0 aliphatic heterocycles. The van der Waals surface area contributed by atoms with Gasteiger partial charge in [0, 0.05) is 0 Å². The number of halogens is 1. The Morgan fingerprint density at radius 1 is 1.17 bits per heavy atom. The molecular weight excluding hydrogens is 303 g/mol. The van der Waals surface area contributed by atoms with Gasteiger partial charge in [-0.05, 0) is 63.7 Å². The van der Waals surface area contributed by atoms with Gasteiger partial charge >= 0.3 is 0 Å². The highest BCUT2D eigenvalue weighted by atomic mass is 19.1. The Hall–Kier alpha value is -2.22. The molecule has 0 heterocycles. The lowest BCUT2D eigenvalue weighted by atomic mass is 9.80.